The van der Waals surface area contributed by atoms with Crippen molar-refractivity contribution in [2.24, 2.45) is 0 Å². The summed E-state index contributed by atoms with van der Waals surface area (Å²) in [5.74, 6) is 1.43. The second-order valence-corrected chi connectivity index (χ2v) is 5.18. The lowest BCUT2D eigenvalue weighted by molar-refractivity contribution is 0.865. The van der Waals surface area contributed by atoms with Gasteiger partial charge < -0.3 is 11.1 Å². The molecule has 0 saturated heterocycles. The molecule has 0 unspecified atom stereocenters. The van der Waals surface area contributed by atoms with Gasteiger partial charge in [0.1, 0.15) is 5.82 Å². The zero-order valence-electron chi connectivity index (χ0n) is 11.8. The van der Waals surface area contributed by atoms with Crippen molar-refractivity contribution in [2.75, 3.05) is 11.1 Å². The van der Waals surface area contributed by atoms with Gasteiger partial charge in [0, 0.05) is 6.54 Å². The van der Waals surface area contributed by atoms with Crippen LogP contribution in [-0.4, -0.2) is 4.98 Å². The molecule has 0 spiro atoms. The van der Waals surface area contributed by atoms with E-state index in [1.165, 1.54) is 11.1 Å². The highest BCUT2D eigenvalue weighted by molar-refractivity contribution is 5.51. The van der Waals surface area contributed by atoms with E-state index in [1.807, 2.05) is 13.0 Å². The highest BCUT2D eigenvalue weighted by Crippen LogP contribution is 2.16. The number of nitrogens with zero attached hydrogens (tertiary/aromatic N) is 1. The Labute approximate surface area is 114 Å². The zero-order chi connectivity index (χ0) is 13.8. The van der Waals surface area contributed by atoms with Crippen LogP contribution in [0.1, 0.15) is 36.5 Å². The van der Waals surface area contributed by atoms with Crippen LogP contribution in [0.2, 0.25) is 0 Å². The molecular formula is C16H21N3. The Bertz CT molecular complexity index is 544. The van der Waals surface area contributed by atoms with Crippen molar-refractivity contribution in [1.82, 2.24) is 4.98 Å². The second-order valence-electron chi connectivity index (χ2n) is 5.18. The molecule has 0 saturated carbocycles. The SMILES string of the molecule is Cc1cc(NCc2ccc(C(C)C)cc2)ncc1N. The molecule has 3 nitrogen and oxygen atoms in total. The summed E-state index contributed by atoms with van der Waals surface area (Å²) in [6.45, 7) is 7.16. The fourth-order valence-electron chi connectivity index (χ4n) is 1.88. The lowest BCUT2D eigenvalue weighted by atomic mass is 10.0. The molecule has 3 heteroatoms. The first-order valence-corrected chi connectivity index (χ1v) is 6.61. The van der Waals surface area contributed by atoms with Gasteiger partial charge in [-0.3, -0.25) is 0 Å². The van der Waals surface area contributed by atoms with E-state index in [0.717, 1.165) is 23.6 Å². The zero-order valence-corrected chi connectivity index (χ0v) is 11.8. The number of hydrogen-bond donors (Lipinski definition) is 2. The number of aryl methyl sites for hydroxylation is 1. The Kier molecular flexibility index (Phi) is 4.05. The third-order valence-corrected chi connectivity index (χ3v) is 3.27. The number of nitrogen functional groups attached to an aromatic ring is 1. The monoisotopic (exact) mass is 255 g/mol. The van der Waals surface area contributed by atoms with E-state index < -0.39 is 0 Å². The topological polar surface area (TPSA) is 50.9 Å². The fraction of sp³-hybridized carbons (Fsp3) is 0.312. The molecule has 0 amide bonds. The van der Waals surface area contributed by atoms with Gasteiger partial charge in [-0.1, -0.05) is 38.1 Å². The Hall–Kier alpha value is -2.03. The number of aromatic nitrogens is 1. The Morgan fingerprint density at radius 2 is 1.89 bits per heavy atom. The molecule has 2 rings (SSSR count). The van der Waals surface area contributed by atoms with E-state index in [1.54, 1.807) is 6.20 Å². The van der Waals surface area contributed by atoms with Crippen molar-refractivity contribution in [3.05, 3.63) is 53.2 Å². The van der Waals surface area contributed by atoms with Gasteiger partial charge in [-0.25, -0.2) is 4.98 Å². The molecule has 0 bridgehead atoms. The molecule has 0 fully saturated rings. The highest BCUT2D eigenvalue weighted by atomic mass is 15.0. The van der Waals surface area contributed by atoms with Crippen molar-refractivity contribution in [3.63, 3.8) is 0 Å². The van der Waals surface area contributed by atoms with Gasteiger partial charge in [-0.05, 0) is 35.6 Å². The molecule has 1 aromatic carbocycles. The summed E-state index contributed by atoms with van der Waals surface area (Å²) >= 11 is 0. The first-order valence-electron chi connectivity index (χ1n) is 6.61. The normalized spacial score (nSPS) is 10.7. The van der Waals surface area contributed by atoms with Gasteiger partial charge in [0.15, 0.2) is 0 Å². The standard InChI is InChI=1S/C16H21N3/c1-11(2)14-6-4-13(5-7-14)9-18-16-8-12(3)15(17)10-19-16/h4-8,10-11H,9,17H2,1-3H3,(H,18,19). The molecule has 100 valence electrons. The maximum Gasteiger partial charge on any atom is 0.126 e. The summed E-state index contributed by atoms with van der Waals surface area (Å²) in [6, 6.07) is 10.7. The molecule has 0 radical (unpaired) electrons. The van der Waals surface area contributed by atoms with Crippen LogP contribution in [0.4, 0.5) is 11.5 Å². The Morgan fingerprint density at radius 1 is 1.21 bits per heavy atom. The fourth-order valence-corrected chi connectivity index (χ4v) is 1.88. The van der Waals surface area contributed by atoms with Crippen LogP contribution in [0.5, 0.6) is 0 Å². The minimum atomic E-state index is 0.573. The van der Waals surface area contributed by atoms with Gasteiger partial charge >= 0.3 is 0 Å². The lowest BCUT2D eigenvalue weighted by Crippen LogP contribution is -2.03. The minimum Gasteiger partial charge on any atom is -0.397 e. The van der Waals surface area contributed by atoms with Crippen LogP contribution in [-0.2, 0) is 6.54 Å². The molecule has 1 heterocycles. The summed E-state index contributed by atoms with van der Waals surface area (Å²) in [4.78, 5) is 4.26. The molecular weight excluding hydrogens is 234 g/mol. The summed E-state index contributed by atoms with van der Waals surface area (Å²) in [7, 11) is 0. The lowest BCUT2D eigenvalue weighted by Gasteiger charge is -2.09. The van der Waals surface area contributed by atoms with E-state index in [2.05, 4.69) is 48.4 Å². The summed E-state index contributed by atoms with van der Waals surface area (Å²) in [5, 5.41) is 3.31. The predicted octanol–water partition coefficient (Wildman–Crippen LogP) is 3.71. The molecule has 0 atom stereocenters. The average Bonchev–Trinajstić information content (AvgIpc) is 2.40. The first kappa shape index (κ1) is 13.4. The summed E-state index contributed by atoms with van der Waals surface area (Å²) < 4.78 is 0. The highest BCUT2D eigenvalue weighted by Gasteiger charge is 2.01. The summed E-state index contributed by atoms with van der Waals surface area (Å²) in [6.07, 6.45) is 1.69. The van der Waals surface area contributed by atoms with Crippen LogP contribution < -0.4 is 11.1 Å². The Balaban J connectivity index is 2.00. The van der Waals surface area contributed by atoms with Crippen molar-refractivity contribution in [1.29, 1.82) is 0 Å². The van der Waals surface area contributed by atoms with Crippen LogP contribution in [0.25, 0.3) is 0 Å². The van der Waals surface area contributed by atoms with E-state index in [4.69, 9.17) is 5.73 Å². The van der Waals surface area contributed by atoms with Crippen LogP contribution in [0.15, 0.2) is 36.5 Å². The molecule has 0 aliphatic rings. The van der Waals surface area contributed by atoms with Gasteiger partial charge in [-0.15, -0.1) is 0 Å². The molecule has 3 N–H and O–H groups in total. The number of benzene rings is 1. The quantitative estimate of drug-likeness (QED) is 0.875. The first-order chi connectivity index (χ1) is 9.06. The minimum absolute atomic E-state index is 0.573. The van der Waals surface area contributed by atoms with E-state index in [0.29, 0.717) is 5.92 Å². The third-order valence-electron chi connectivity index (χ3n) is 3.27. The van der Waals surface area contributed by atoms with Gasteiger partial charge in [0.2, 0.25) is 0 Å². The van der Waals surface area contributed by atoms with Crippen LogP contribution in [0.3, 0.4) is 0 Å². The maximum atomic E-state index is 5.75. The molecule has 0 aliphatic carbocycles. The molecule has 19 heavy (non-hydrogen) atoms. The average molecular weight is 255 g/mol. The van der Waals surface area contributed by atoms with Crippen molar-refractivity contribution >= 4 is 11.5 Å². The van der Waals surface area contributed by atoms with Crippen molar-refractivity contribution in [2.45, 2.75) is 33.2 Å². The smallest absolute Gasteiger partial charge is 0.126 e. The maximum absolute atomic E-state index is 5.75. The number of hydrogen-bond acceptors (Lipinski definition) is 3. The number of anilines is 2. The van der Waals surface area contributed by atoms with Crippen LogP contribution >= 0.6 is 0 Å². The van der Waals surface area contributed by atoms with Gasteiger partial charge in [0.05, 0.1) is 11.9 Å². The molecule has 2 aromatic rings. The number of rotatable bonds is 4. The second kappa shape index (κ2) is 5.74. The van der Waals surface area contributed by atoms with E-state index in [-0.39, 0.29) is 0 Å². The Morgan fingerprint density at radius 3 is 2.47 bits per heavy atom. The van der Waals surface area contributed by atoms with Gasteiger partial charge in [0.25, 0.3) is 0 Å². The third kappa shape index (κ3) is 3.47. The number of nitrogens with two attached hydrogens (primary N) is 1. The van der Waals surface area contributed by atoms with Crippen molar-refractivity contribution < 1.29 is 0 Å². The summed E-state index contributed by atoms with van der Waals surface area (Å²) in [5.41, 5.74) is 10.1. The van der Waals surface area contributed by atoms with E-state index in [9.17, 15) is 0 Å². The predicted molar refractivity (Wildman–Crippen MR) is 81.2 cm³/mol. The largest absolute Gasteiger partial charge is 0.397 e. The van der Waals surface area contributed by atoms with Crippen LogP contribution in [0, 0.1) is 6.92 Å². The number of nitrogens with one attached hydrogen (secondary N) is 1. The molecule has 1 aromatic heterocycles. The molecule has 0 aliphatic heterocycles. The number of pyridine rings is 1. The van der Waals surface area contributed by atoms with Gasteiger partial charge in [-0.2, -0.15) is 0 Å². The van der Waals surface area contributed by atoms with E-state index >= 15 is 0 Å². The van der Waals surface area contributed by atoms with Crippen molar-refractivity contribution in [3.8, 4) is 0 Å².